The van der Waals surface area contributed by atoms with E-state index >= 15 is 0 Å². The SMILES string of the molecule is COCC(=O)NCCN(CCOC(=O)COC)C(=O)c1cccc(CNC(=O)C(C)(C)C)c1. The van der Waals surface area contributed by atoms with E-state index in [9.17, 15) is 19.2 Å². The van der Waals surface area contributed by atoms with E-state index in [0.29, 0.717) is 12.1 Å². The Morgan fingerprint density at radius 3 is 2.30 bits per heavy atom. The summed E-state index contributed by atoms with van der Waals surface area (Å²) in [4.78, 5) is 49.9. The highest BCUT2D eigenvalue weighted by molar-refractivity contribution is 5.94. The molecular formula is C23H35N3O7. The molecule has 1 aromatic rings. The summed E-state index contributed by atoms with van der Waals surface area (Å²) in [6.07, 6.45) is 0. The zero-order chi connectivity index (χ0) is 24.9. The summed E-state index contributed by atoms with van der Waals surface area (Å²) >= 11 is 0. The highest BCUT2D eigenvalue weighted by Crippen LogP contribution is 2.14. The zero-order valence-electron chi connectivity index (χ0n) is 20.1. The second-order valence-corrected chi connectivity index (χ2v) is 8.36. The number of methoxy groups -OCH3 is 2. The van der Waals surface area contributed by atoms with Crippen molar-refractivity contribution < 1.29 is 33.4 Å². The van der Waals surface area contributed by atoms with Crippen molar-refractivity contribution in [1.29, 1.82) is 0 Å². The van der Waals surface area contributed by atoms with Crippen LogP contribution >= 0.6 is 0 Å². The molecule has 0 saturated heterocycles. The van der Waals surface area contributed by atoms with Crippen LogP contribution < -0.4 is 10.6 Å². The Morgan fingerprint density at radius 2 is 1.67 bits per heavy atom. The average molecular weight is 466 g/mol. The van der Waals surface area contributed by atoms with Gasteiger partial charge in [-0.25, -0.2) is 4.79 Å². The van der Waals surface area contributed by atoms with Gasteiger partial charge in [-0.3, -0.25) is 14.4 Å². The van der Waals surface area contributed by atoms with Crippen LogP contribution in [0.4, 0.5) is 0 Å². The Morgan fingerprint density at radius 1 is 0.970 bits per heavy atom. The molecule has 0 heterocycles. The maximum Gasteiger partial charge on any atom is 0.332 e. The normalized spacial score (nSPS) is 10.9. The Balaban J connectivity index is 2.83. The maximum absolute atomic E-state index is 13.1. The predicted molar refractivity (Wildman–Crippen MR) is 121 cm³/mol. The first-order valence-electron chi connectivity index (χ1n) is 10.6. The first kappa shape index (κ1) is 28.1. The van der Waals surface area contributed by atoms with Crippen molar-refractivity contribution in [3.05, 3.63) is 35.4 Å². The van der Waals surface area contributed by atoms with Crippen LogP contribution in [0.2, 0.25) is 0 Å². The molecule has 0 bridgehead atoms. The highest BCUT2D eigenvalue weighted by Gasteiger charge is 2.21. The second-order valence-electron chi connectivity index (χ2n) is 8.36. The summed E-state index contributed by atoms with van der Waals surface area (Å²) in [5.74, 6) is -1.21. The van der Waals surface area contributed by atoms with Crippen molar-refractivity contribution in [3.63, 3.8) is 0 Å². The number of carbonyl (C=O) groups excluding carboxylic acids is 4. The molecule has 0 saturated carbocycles. The van der Waals surface area contributed by atoms with E-state index in [4.69, 9.17) is 14.2 Å². The van der Waals surface area contributed by atoms with E-state index in [1.54, 1.807) is 18.2 Å². The monoisotopic (exact) mass is 465 g/mol. The summed E-state index contributed by atoms with van der Waals surface area (Å²) in [7, 11) is 2.80. The minimum Gasteiger partial charge on any atom is -0.462 e. The van der Waals surface area contributed by atoms with Gasteiger partial charge < -0.3 is 29.7 Å². The average Bonchev–Trinajstić information content (AvgIpc) is 2.75. The Bertz CT molecular complexity index is 781. The molecule has 1 rings (SSSR count). The molecule has 0 fully saturated rings. The fourth-order valence-electron chi connectivity index (χ4n) is 2.70. The van der Waals surface area contributed by atoms with Crippen molar-refractivity contribution in [2.24, 2.45) is 5.41 Å². The lowest BCUT2D eigenvalue weighted by atomic mass is 9.95. The molecular weight excluding hydrogens is 430 g/mol. The van der Waals surface area contributed by atoms with Gasteiger partial charge in [-0.05, 0) is 17.7 Å². The number of nitrogens with one attached hydrogen (secondary N) is 2. The summed E-state index contributed by atoms with van der Waals surface area (Å²) in [6.45, 7) is 6.05. The number of carbonyl (C=O) groups is 4. The van der Waals surface area contributed by atoms with Gasteiger partial charge in [0.25, 0.3) is 5.91 Å². The summed E-state index contributed by atoms with van der Waals surface area (Å²) in [5.41, 5.74) is 0.680. The number of ether oxygens (including phenoxy) is 3. The van der Waals surface area contributed by atoms with E-state index in [1.807, 2.05) is 26.8 Å². The van der Waals surface area contributed by atoms with Gasteiger partial charge in [-0.15, -0.1) is 0 Å². The quantitative estimate of drug-likeness (QED) is 0.412. The maximum atomic E-state index is 13.1. The molecule has 1 aromatic carbocycles. The number of rotatable bonds is 13. The molecule has 10 nitrogen and oxygen atoms in total. The van der Waals surface area contributed by atoms with Crippen LogP contribution in [0.3, 0.4) is 0 Å². The molecule has 0 aromatic heterocycles. The summed E-state index contributed by atoms with van der Waals surface area (Å²) in [5, 5.41) is 5.52. The van der Waals surface area contributed by atoms with Gasteiger partial charge in [0.2, 0.25) is 11.8 Å². The number of hydrogen-bond donors (Lipinski definition) is 2. The smallest absolute Gasteiger partial charge is 0.332 e. The Labute approximate surface area is 194 Å². The number of hydrogen-bond acceptors (Lipinski definition) is 7. The summed E-state index contributed by atoms with van der Waals surface area (Å²) < 4.78 is 14.6. The van der Waals surface area contributed by atoms with Gasteiger partial charge in [0.1, 0.15) is 19.8 Å². The molecule has 0 aliphatic rings. The second kappa shape index (κ2) is 14.2. The highest BCUT2D eigenvalue weighted by atomic mass is 16.6. The molecule has 0 aliphatic carbocycles. The minimum absolute atomic E-state index is 0.0126. The standard InChI is InChI=1S/C23H35N3O7/c1-23(2,3)22(30)25-14-17-7-6-8-18(13-17)21(29)26(10-9-24-19(27)15-31-4)11-12-33-20(28)16-32-5/h6-8,13H,9-12,14-16H2,1-5H3,(H,24,27)(H,25,30). The Hall–Kier alpha value is -2.98. The van der Waals surface area contributed by atoms with E-state index in [0.717, 1.165) is 5.56 Å². The van der Waals surface area contributed by atoms with Gasteiger partial charge in [-0.2, -0.15) is 0 Å². The van der Waals surface area contributed by atoms with Gasteiger partial charge in [0.15, 0.2) is 0 Å². The lowest BCUT2D eigenvalue weighted by Gasteiger charge is -2.23. The van der Waals surface area contributed by atoms with Gasteiger partial charge in [-0.1, -0.05) is 32.9 Å². The first-order valence-corrected chi connectivity index (χ1v) is 10.6. The van der Waals surface area contributed by atoms with Crippen LogP contribution in [0.5, 0.6) is 0 Å². The minimum atomic E-state index is -0.533. The lowest BCUT2D eigenvalue weighted by molar-refractivity contribution is -0.148. The van der Waals surface area contributed by atoms with Crippen molar-refractivity contribution in [3.8, 4) is 0 Å². The molecule has 0 radical (unpaired) electrons. The third-order valence-electron chi connectivity index (χ3n) is 4.46. The van der Waals surface area contributed by atoms with Crippen LogP contribution in [0.25, 0.3) is 0 Å². The number of amides is 3. The van der Waals surface area contributed by atoms with Crippen LogP contribution in [0, 0.1) is 5.41 Å². The van der Waals surface area contributed by atoms with Crippen LogP contribution in [0.15, 0.2) is 24.3 Å². The van der Waals surface area contributed by atoms with E-state index < -0.39 is 11.4 Å². The fraction of sp³-hybridized carbons (Fsp3) is 0.565. The lowest BCUT2D eigenvalue weighted by Crippen LogP contribution is -2.41. The van der Waals surface area contributed by atoms with E-state index in [-0.39, 0.29) is 57.2 Å². The zero-order valence-corrected chi connectivity index (χ0v) is 20.1. The van der Waals surface area contributed by atoms with Crippen molar-refractivity contribution >= 4 is 23.7 Å². The molecule has 33 heavy (non-hydrogen) atoms. The summed E-state index contributed by atoms with van der Waals surface area (Å²) in [6, 6.07) is 6.94. The molecule has 10 heteroatoms. The molecule has 0 spiro atoms. The predicted octanol–water partition coefficient (Wildman–Crippen LogP) is 0.743. The molecule has 0 aliphatic heterocycles. The number of nitrogens with zero attached hydrogens (tertiary/aromatic N) is 1. The van der Waals surface area contributed by atoms with E-state index in [2.05, 4.69) is 10.6 Å². The van der Waals surface area contributed by atoms with Gasteiger partial charge in [0, 0.05) is 44.8 Å². The largest absolute Gasteiger partial charge is 0.462 e. The third kappa shape index (κ3) is 10.9. The fourth-order valence-corrected chi connectivity index (χ4v) is 2.70. The van der Waals surface area contributed by atoms with Crippen molar-refractivity contribution in [1.82, 2.24) is 15.5 Å². The first-order chi connectivity index (χ1) is 15.6. The van der Waals surface area contributed by atoms with Gasteiger partial charge >= 0.3 is 5.97 Å². The molecule has 184 valence electrons. The molecule has 3 amide bonds. The van der Waals surface area contributed by atoms with Crippen LogP contribution in [-0.2, 0) is 35.1 Å². The van der Waals surface area contributed by atoms with Crippen molar-refractivity contribution in [2.45, 2.75) is 27.3 Å². The van der Waals surface area contributed by atoms with Gasteiger partial charge in [0.05, 0.1) is 6.54 Å². The third-order valence-corrected chi connectivity index (χ3v) is 4.46. The van der Waals surface area contributed by atoms with Crippen molar-refractivity contribution in [2.75, 3.05) is 53.7 Å². The number of esters is 1. The topological polar surface area (TPSA) is 123 Å². The van der Waals surface area contributed by atoms with Crippen LogP contribution in [-0.4, -0.2) is 82.3 Å². The Kier molecular flexibility index (Phi) is 12.1. The van der Waals surface area contributed by atoms with Crippen LogP contribution in [0.1, 0.15) is 36.7 Å². The molecule has 0 unspecified atom stereocenters. The molecule has 2 N–H and O–H groups in total. The molecule has 0 atom stereocenters. The van der Waals surface area contributed by atoms with E-state index in [1.165, 1.54) is 19.1 Å². The number of benzene rings is 1.